The van der Waals surface area contributed by atoms with Crippen LogP contribution in [0.4, 0.5) is 26.3 Å². The van der Waals surface area contributed by atoms with Crippen LogP contribution in [0.2, 0.25) is 15.1 Å². The van der Waals surface area contributed by atoms with Crippen molar-refractivity contribution < 1.29 is 35.8 Å². The van der Waals surface area contributed by atoms with E-state index in [9.17, 15) is 26.3 Å². The molecule has 4 aromatic rings. The van der Waals surface area contributed by atoms with Gasteiger partial charge in [0.1, 0.15) is 10.8 Å². The SMILES string of the molecule is Cc1cc(-c2[c]cc(Cl)c(Oc3ccc(C(F)(F)F)cn3)c2Cl)ccc1Oc1ncc(C(F)(F)F)cc1Cl. The first-order valence-corrected chi connectivity index (χ1v) is 11.5. The smallest absolute Gasteiger partial charge is 0.417 e. The second kappa shape index (κ2) is 10.5. The van der Waals surface area contributed by atoms with Gasteiger partial charge in [0.2, 0.25) is 11.8 Å². The highest BCUT2D eigenvalue weighted by atomic mass is 35.5. The molecule has 0 saturated carbocycles. The van der Waals surface area contributed by atoms with Gasteiger partial charge in [-0.05, 0) is 54.4 Å². The standard InChI is InChI=1S/C25H12Cl3F6N2O2/c1-12-8-13(2-6-19(12)37-23-18(27)9-15(11-36-23)25(32,33)34)16-4-5-17(26)22(21(16)28)38-20-7-3-14(10-35-20)24(29,30)31/h2-3,5-11H,1H3. The number of aryl methyl sites for hydroxylation is 1. The fourth-order valence-electron chi connectivity index (χ4n) is 3.18. The lowest BCUT2D eigenvalue weighted by molar-refractivity contribution is -0.138. The van der Waals surface area contributed by atoms with Crippen molar-refractivity contribution in [2.75, 3.05) is 0 Å². The minimum Gasteiger partial charge on any atom is -0.437 e. The fraction of sp³-hybridized carbons (Fsp3) is 0.120. The first-order chi connectivity index (χ1) is 17.7. The van der Waals surface area contributed by atoms with E-state index in [0.29, 0.717) is 35.2 Å². The predicted octanol–water partition coefficient (Wildman–Crippen LogP) is 9.83. The number of ether oxygens (including phenoxy) is 2. The van der Waals surface area contributed by atoms with Crippen LogP contribution in [0.5, 0.6) is 23.3 Å². The highest BCUT2D eigenvalue weighted by molar-refractivity contribution is 6.39. The largest absolute Gasteiger partial charge is 0.437 e. The maximum Gasteiger partial charge on any atom is 0.417 e. The highest BCUT2D eigenvalue weighted by Crippen LogP contribution is 2.43. The summed E-state index contributed by atoms with van der Waals surface area (Å²) >= 11 is 18.6. The molecular weight excluding hydrogens is 581 g/mol. The van der Waals surface area contributed by atoms with Gasteiger partial charge in [-0.3, -0.25) is 0 Å². The van der Waals surface area contributed by atoms with Gasteiger partial charge in [-0.25, -0.2) is 9.97 Å². The summed E-state index contributed by atoms with van der Waals surface area (Å²) < 4.78 is 88.1. The van der Waals surface area contributed by atoms with Gasteiger partial charge in [-0.2, -0.15) is 26.3 Å². The molecule has 1 radical (unpaired) electrons. The molecule has 197 valence electrons. The van der Waals surface area contributed by atoms with Crippen LogP contribution in [0.3, 0.4) is 0 Å². The summed E-state index contributed by atoms with van der Waals surface area (Å²) in [6.45, 7) is 1.67. The Balaban J connectivity index is 1.60. The first-order valence-electron chi connectivity index (χ1n) is 10.4. The van der Waals surface area contributed by atoms with Crippen LogP contribution in [-0.4, -0.2) is 9.97 Å². The molecule has 0 aliphatic rings. The van der Waals surface area contributed by atoms with Crippen LogP contribution < -0.4 is 9.47 Å². The number of hydrogen-bond donors (Lipinski definition) is 0. The molecule has 0 saturated heterocycles. The summed E-state index contributed by atoms with van der Waals surface area (Å²) in [5.74, 6) is -0.169. The van der Waals surface area contributed by atoms with E-state index in [0.717, 1.165) is 12.1 Å². The number of aromatic nitrogens is 2. The number of pyridine rings is 2. The van der Waals surface area contributed by atoms with Crippen molar-refractivity contribution in [1.29, 1.82) is 0 Å². The van der Waals surface area contributed by atoms with Gasteiger partial charge in [-0.15, -0.1) is 0 Å². The summed E-state index contributed by atoms with van der Waals surface area (Å²) in [6, 6.07) is 11.6. The number of rotatable bonds is 5. The van der Waals surface area contributed by atoms with E-state index >= 15 is 0 Å². The Morgan fingerprint density at radius 2 is 1.47 bits per heavy atom. The third-order valence-corrected chi connectivity index (χ3v) is 5.97. The molecule has 0 amide bonds. The fourth-order valence-corrected chi connectivity index (χ4v) is 3.92. The molecule has 0 bridgehead atoms. The number of hydrogen-bond acceptors (Lipinski definition) is 4. The van der Waals surface area contributed by atoms with Gasteiger partial charge in [0.05, 0.1) is 21.2 Å². The van der Waals surface area contributed by atoms with Crippen molar-refractivity contribution in [2.45, 2.75) is 19.3 Å². The highest BCUT2D eigenvalue weighted by Gasteiger charge is 2.32. The summed E-state index contributed by atoms with van der Waals surface area (Å²) in [6.07, 6.45) is -7.93. The van der Waals surface area contributed by atoms with E-state index in [1.54, 1.807) is 19.1 Å². The second-order valence-electron chi connectivity index (χ2n) is 7.73. The molecule has 0 N–H and O–H groups in total. The lowest BCUT2D eigenvalue weighted by Gasteiger charge is -2.15. The monoisotopic (exact) mass is 591 g/mol. The van der Waals surface area contributed by atoms with Crippen LogP contribution in [0.25, 0.3) is 11.1 Å². The average molecular weight is 593 g/mol. The van der Waals surface area contributed by atoms with Gasteiger partial charge in [-0.1, -0.05) is 40.9 Å². The maximum atomic E-state index is 12.8. The van der Waals surface area contributed by atoms with Crippen molar-refractivity contribution >= 4 is 34.8 Å². The normalized spacial score (nSPS) is 11.9. The van der Waals surface area contributed by atoms with Crippen molar-refractivity contribution in [3.8, 4) is 34.4 Å². The van der Waals surface area contributed by atoms with Crippen LogP contribution in [-0.2, 0) is 12.4 Å². The third kappa shape index (κ3) is 6.09. The zero-order chi connectivity index (χ0) is 27.8. The number of alkyl halides is 6. The Kier molecular flexibility index (Phi) is 7.69. The van der Waals surface area contributed by atoms with Crippen molar-refractivity contribution in [1.82, 2.24) is 9.97 Å². The number of halogens is 9. The van der Waals surface area contributed by atoms with Crippen LogP contribution in [0.15, 0.2) is 54.9 Å². The van der Waals surface area contributed by atoms with Gasteiger partial charge < -0.3 is 9.47 Å². The van der Waals surface area contributed by atoms with Gasteiger partial charge in [0, 0.05) is 24.0 Å². The molecule has 4 nitrogen and oxygen atoms in total. The Bertz CT molecular complexity index is 1490. The molecule has 0 fully saturated rings. The zero-order valence-electron chi connectivity index (χ0n) is 18.8. The minimum absolute atomic E-state index is 0.0136. The van der Waals surface area contributed by atoms with Crippen LogP contribution >= 0.6 is 34.8 Å². The van der Waals surface area contributed by atoms with E-state index < -0.39 is 23.5 Å². The van der Waals surface area contributed by atoms with E-state index in [1.807, 2.05) is 0 Å². The third-order valence-electron chi connectivity index (χ3n) is 5.05. The lowest BCUT2D eigenvalue weighted by Crippen LogP contribution is -2.05. The lowest BCUT2D eigenvalue weighted by atomic mass is 10.0. The second-order valence-corrected chi connectivity index (χ2v) is 8.92. The van der Waals surface area contributed by atoms with E-state index in [2.05, 4.69) is 16.0 Å². The summed E-state index contributed by atoms with van der Waals surface area (Å²) in [7, 11) is 0. The molecule has 0 unspecified atom stereocenters. The molecule has 2 aromatic carbocycles. The molecule has 4 rings (SSSR count). The molecular formula is C25H12Cl3F6N2O2. The Labute approximate surface area is 226 Å². The molecule has 38 heavy (non-hydrogen) atoms. The van der Waals surface area contributed by atoms with Gasteiger partial charge in [0.25, 0.3) is 0 Å². The minimum atomic E-state index is -4.60. The number of nitrogens with zero attached hydrogens (tertiary/aromatic N) is 2. The zero-order valence-corrected chi connectivity index (χ0v) is 21.1. The number of benzene rings is 2. The van der Waals surface area contributed by atoms with Crippen LogP contribution in [0, 0.1) is 13.0 Å². The molecule has 13 heteroatoms. The molecule has 0 aliphatic heterocycles. The van der Waals surface area contributed by atoms with Crippen molar-refractivity contribution in [3.63, 3.8) is 0 Å². The van der Waals surface area contributed by atoms with Crippen LogP contribution in [0.1, 0.15) is 16.7 Å². The van der Waals surface area contributed by atoms with Gasteiger partial charge >= 0.3 is 12.4 Å². The molecule has 2 heterocycles. The Morgan fingerprint density at radius 1 is 0.789 bits per heavy atom. The molecule has 0 aliphatic carbocycles. The quantitative estimate of drug-likeness (QED) is 0.216. The Hall–Kier alpha value is -3.21. The first kappa shape index (κ1) is 27.8. The van der Waals surface area contributed by atoms with Gasteiger partial charge in [0.15, 0.2) is 5.75 Å². The summed E-state index contributed by atoms with van der Waals surface area (Å²) in [4.78, 5) is 7.31. The molecule has 0 spiro atoms. The van der Waals surface area contributed by atoms with E-state index in [-0.39, 0.29) is 38.3 Å². The van der Waals surface area contributed by atoms with E-state index in [4.69, 9.17) is 44.3 Å². The average Bonchev–Trinajstić information content (AvgIpc) is 2.83. The summed E-state index contributed by atoms with van der Waals surface area (Å²) in [5.41, 5.74) is -0.535. The predicted molar refractivity (Wildman–Crippen MR) is 129 cm³/mol. The maximum absolute atomic E-state index is 12.8. The molecule has 0 atom stereocenters. The topological polar surface area (TPSA) is 44.2 Å². The summed E-state index contributed by atoms with van der Waals surface area (Å²) in [5, 5.41) is -0.268. The van der Waals surface area contributed by atoms with Crippen molar-refractivity contribution in [2.24, 2.45) is 0 Å². The molecule has 2 aromatic heterocycles. The Morgan fingerprint density at radius 3 is 2.05 bits per heavy atom. The van der Waals surface area contributed by atoms with Crippen molar-refractivity contribution in [3.05, 3.63) is 92.7 Å². The van der Waals surface area contributed by atoms with E-state index in [1.165, 1.54) is 12.1 Å².